The average molecular weight is 414 g/mol. The van der Waals surface area contributed by atoms with Crippen LogP contribution in [0.1, 0.15) is 5.56 Å². The second-order valence-electron chi connectivity index (χ2n) is 7.25. The van der Waals surface area contributed by atoms with Crippen molar-refractivity contribution in [2.45, 2.75) is 6.42 Å². The van der Waals surface area contributed by atoms with Crippen molar-refractivity contribution in [1.82, 2.24) is 10.2 Å². The first-order valence-electron chi connectivity index (χ1n) is 10.2. The molecular weight excluding hydrogens is 382 g/mol. The first-order chi connectivity index (χ1) is 14.6. The zero-order valence-electron chi connectivity index (χ0n) is 18.0. The van der Waals surface area contributed by atoms with Gasteiger partial charge in [0.1, 0.15) is 5.75 Å². The zero-order valence-corrected chi connectivity index (χ0v) is 18.0. The van der Waals surface area contributed by atoms with Gasteiger partial charge in [0.25, 0.3) is 0 Å². The molecule has 7 nitrogen and oxygen atoms in total. The Balaban J connectivity index is 1.40. The quantitative estimate of drug-likeness (QED) is 0.680. The molecule has 0 saturated carbocycles. The predicted molar refractivity (Wildman–Crippen MR) is 118 cm³/mol. The molecule has 3 rings (SSSR count). The van der Waals surface area contributed by atoms with E-state index in [4.69, 9.17) is 14.2 Å². The van der Waals surface area contributed by atoms with Crippen LogP contribution >= 0.6 is 0 Å². The van der Waals surface area contributed by atoms with Crippen molar-refractivity contribution in [1.29, 1.82) is 0 Å². The van der Waals surface area contributed by atoms with Crippen LogP contribution in [0.3, 0.4) is 0 Å². The summed E-state index contributed by atoms with van der Waals surface area (Å²) in [6.45, 7) is 4.54. The molecule has 0 aliphatic carbocycles. The molecule has 1 heterocycles. The summed E-state index contributed by atoms with van der Waals surface area (Å²) in [6, 6.07) is 13.9. The molecule has 1 fully saturated rings. The highest BCUT2D eigenvalue weighted by molar-refractivity contribution is 5.78. The predicted octanol–water partition coefficient (Wildman–Crippen LogP) is 2.19. The molecule has 1 saturated heterocycles. The summed E-state index contributed by atoms with van der Waals surface area (Å²) in [7, 11) is 4.92. The van der Waals surface area contributed by atoms with Gasteiger partial charge >= 0.3 is 0 Å². The number of methoxy groups -OCH3 is 3. The summed E-state index contributed by atoms with van der Waals surface area (Å²) < 4.78 is 15.9. The number of anilines is 1. The fourth-order valence-corrected chi connectivity index (χ4v) is 3.61. The Morgan fingerprint density at radius 1 is 0.933 bits per heavy atom. The molecule has 2 aromatic rings. The Hall–Kier alpha value is -2.93. The highest BCUT2D eigenvalue weighted by Crippen LogP contribution is 2.27. The van der Waals surface area contributed by atoms with Crippen LogP contribution in [0.4, 0.5) is 5.69 Å². The van der Waals surface area contributed by atoms with Gasteiger partial charge in [0.2, 0.25) is 5.91 Å². The van der Waals surface area contributed by atoms with Crippen molar-refractivity contribution in [3.05, 3.63) is 48.0 Å². The monoisotopic (exact) mass is 413 g/mol. The lowest BCUT2D eigenvalue weighted by molar-refractivity contribution is -0.122. The van der Waals surface area contributed by atoms with E-state index in [0.717, 1.165) is 49.6 Å². The maximum Gasteiger partial charge on any atom is 0.234 e. The maximum atomic E-state index is 12.3. The highest BCUT2D eigenvalue weighted by atomic mass is 16.5. The maximum absolute atomic E-state index is 12.3. The Bertz CT molecular complexity index is 835. The molecule has 0 bridgehead atoms. The minimum absolute atomic E-state index is 0.0605. The first-order valence-corrected chi connectivity index (χ1v) is 10.2. The minimum atomic E-state index is 0.0605. The lowest BCUT2D eigenvalue weighted by atomic mass is 10.1. The van der Waals surface area contributed by atoms with E-state index in [1.54, 1.807) is 21.3 Å². The molecule has 0 atom stereocenters. The number of rotatable bonds is 9. The van der Waals surface area contributed by atoms with Gasteiger partial charge in [0.15, 0.2) is 11.5 Å². The summed E-state index contributed by atoms with van der Waals surface area (Å²) in [5.74, 6) is 2.34. The summed E-state index contributed by atoms with van der Waals surface area (Å²) >= 11 is 0. The van der Waals surface area contributed by atoms with Crippen LogP contribution in [-0.4, -0.2) is 71.4 Å². The molecule has 1 aliphatic heterocycles. The largest absolute Gasteiger partial charge is 0.497 e. The lowest BCUT2D eigenvalue weighted by Crippen LogP contribution is -2.49. The number of nitrogens with one attached hydrogen (secondary N) is 1. The molecule has 0 aromatic heterocycles. The molecule has 1 amide bonds. The molecule has 1 aliphatic rings. The van der Waals surface area contributed by atoms with Crippen molar-refractivity contribution < 1.29 is 19.0 Å². The number of nitrogens with zero attached hydrogens (tertiary/aromatic N) is 2. The van der Waals surface area contributed by atoms with Crippen LogP contribution in [0.15, 0.2) is 42.5 Å². The second kappa shape index (κ2) is 10.7. The van der Waals surface area contributed by atoms with Crippen molar-refractivity contribution in [2.75, 3.05) is 65.5 Å². The van der Waals surface area contributed by atoms with Crippen LogP contribution in [0.5, 0.6) is 17.2 Å². The molecule has 162 valence electrons. The van der Waals surface area contributed by atoms with Crippen molar-refractivity contribution >= 4 is 11.6 Å². The van der Waals surface area contributed by atoms with E-state index in [1.165, 1.54) is 0 Å². The van der Waals surface area contributed by atoms with Crippen molar-refractivity contribution in [2.24, 2.45) is 0 Å². The number of carbonyl (C=O) groups excluding carboxylic acids is 1. The van der Waals surface area contributed by atoms with Gasteiger partial charge in [-0.1, -0.05) is 12.1 Å². The second-order valence-corrected chi connectivity index (χ2v) is 7.25. The molecule has 2 aromatic carbocycles. The van der Waals surface area contributed by atoms with Crippen LogP contribution in [0, 0.1) is 0 Å². The van der Waals surface area contributed by atoms with Crippen LogP contribution in [-0.2, 0) is 11.2 Å². The number of amides is 1. The third-order valence-corrected chi connectivity index (χ3v) is 5.34. The molecule has 0 spiro atoms. The van der Waals surface area contributed by atoms with Gasteiger partial charge in [-0.15, -0.1) is 0 Å². The van der Waals surface area contributed by atoms with E-state index in [2.05, 4.69) is 27.2 Å². The molecule has 0 radical (unpaired) electrons. The van der Waals surface area contributed by atoms with Gasteiger partial charge in [0.05, 0.1) is 27.9 Å². The smallest absolute Gasteiger partial charge is 0.234 e. The van der Waals surface area contributed by atoms with Crippen LogP contribution < -0.4 is 24.4 Å². The van der Waals surface area contributed by atoms with Gasteiger partial charge in [0, 0.05) is 44.5 Å². The number of carbonyl (C=O) groups is 1. The number of hydrogen-bond donors (Lipinski definition) is 1. The van der Waals surface area contributed by atoms with Crippen molar-refractivity contribution in [3.8, 4) is 17.2 Å². The zero-order chi connectivity index (χ0) is 21.3. The van der Waals surface area contributed by atoms with Gasteiger partial charge in [-0.2, -0.15) is 0 Å². The Morgan fingerprint density at radius 3 is 2.40 bits per heavy atom. The van der Waals surface area contributed by atoms with E-state index < -0.39 is 0 Å². The van der Waals surface area contributed by atoms with Gasteiger partial charge < -0.3 is 24.4 Å². The normalized spacial score (nSPS) is 14.3. The van der Waals surface area contributed by atoms with E-state index >= 15 is 0 Å². The Morgan fingerprint density at radius 2 is 1.70 bits per heavy atom. The van der Waals surface area contributed by atoms with Gasteiger partial charge in [-0.25, -0.2) is 0 Å². The van der Waals surface area contributed by atoms with Gasteiger partial charge in [-0.3, -0.25) is 9.69 Å². The first kappa shape index (κ1) is 21.8. The minimum Gasteiger partial charge on any atom is -0.497 e. The standard InChI is InChI=1S/C23H31N3O4/c1-28-20-6-4-5-19(16-20)26-13-11-25(12-14-26)17-23(27)24-10-9-18-7-8-21(29-2)22(15-18)30-3/h4-8,15-16H,9-14,17H2,1-3H3,(H,24,27). The molecule has 30 heavy (non-hydrogen) atoms. The number of hydrogen-bond acceptors (Lipinski definition) is 6. The number of ether oxygens (including phenoxy) is 3. The summed E-state index contributed by atoms with van der Waals surface area (Å²) in [5.41, 5.74) is 2.26. The van der Waals surface area contributed by atoms with E-state index in [1.807, 2.05) is 30.3 Å². The summed E-state index contributed by atoms with van der Waals surface area (Å²) in [6.07, 6.45) is 0.746. The summed E-state index contributed by atoms with van der Waals surface area (Å²) in [5, 5.41) is 3.02. The molecule has 1 N–H and O–H groups in total. The van der Waals surface area contributed by atoms with E-state index in [-0.39, 0.29) is 5.91 Å². The number of benzene rings is 2. The van der Waals surface area contributed by atoms with Crippen LogP contribution in [0.25, 0.3) is 0 Å². The lowest BCUT2D eigenvalue weighted by Gasteiger charge is -2.35. The number of piperazine rings is 1. The highest BCUT2D eigenvalue weighted by Gasteiger charge is 2.19. The van der Waals surface area contributed by atoms with E-state index in [9.17, 15) is 4.79 Å². The molecule has 7 heteroatoms. The Kier molecular flexibility index (Phi) is 7.79. The topological polar surface area (TPSA) is 63.3 Å². The molecule has 0 unspecified atom stereocenters. The SMILES string of the molecule is COc1cccc(N2CCN(CC(=O)NCCc3ccc(OC)c(OC)c3)CC2)c1. The molecular formula is C23H31N3O4. The Labute approximate surface area is 178 Å². The summed E-state index contributed by atoms with van der Waals surface area (Å²) in [4.78, 5) is 16.9. The van der Waals surface area contributed by atoms with E-state index in [0.29, 0.717) is 24.6 Å². The third-order valence-electron chi connectivity index (χ3n) is 5.34. The third kappa shape index (κ3) is 5.79. The van der Waals surface area contributed by atoms with Crippen molar-refractivity contribution in [3.63, 3.8) is 0 Å². The average Bonchev–Trinajstić information content (AvgIpc) is 2.79. The fourth-order valence-electron chi connectivity index (χ4n) is 3.61. The fraction of sp³-hybridized carbons (Fsp3) is 0.435. The van der Waals surface area contributed by atoms with Gasteiger partial charge in [-0.05, 0) is 36.2 Å². The van der Waals surface area contributed by atoms with Crippen LogP contribution in [0.2, 0.25) is 0 Å².